The number of rotatable bonds is 1. The standard InChI is InChI=1S/C9H14N4/c1-6-12-8(5-9(10)13-6)7-3-2-4-11-7/h5,7,11H,2-4H2,1H3,(H2,10,12,13)/t7-/m0/s1. The Bertz CT molecular complexity index is 284. The molecule has 2 rings (SSSR count). The molecular formula is C9H14N4. The number of nitrogens with one attached hydrogen (secondary N) is 1. The van der Waals surface area contributed by atoms with E-state index in [0.29, 0.717) is 11.9 Å². The van der Waals surface area contributed by atoms with Gasteiger partial charge in [0.05, 0.1) is 5.69 Å². The molecule has 0 amide bonds. The molecule has 13 heavy (non-hydrogen) atoms. The number of anilines is 1. The summed E-state index contributed by atoms with van der Waals surface area (Å²) < 4.78 is 0. The summed E-state index contributed by atoms with van der Waals surface area (Å²) in [5.74, 6) is 1.32. The Morgan fingerprint density at radius 2 is 2.38 bits per heavy atom. The zero-order valence-corrected chi connectivity index (χ0v) is 7.75. The third-order valence-electron chi connectivity index (χ3n) is 2.29. The van der Waals surface area contributed by atoms with Gasteiger partial charge >= 0.3 is 0 Å². The average Bonchev–Trinajstić information content (AvgIpc) is 2.53. The number of hydrogen-bond acceptors (Lipinski definition) is 4. The summed E-state index contributed by atoms with van der Waals surface area (Å²) in [7, 11) is 0. The predicted octanol–water partition coefficient (Wildman–Crippen LogP) is 0.792. The lowest BCUT2D eigenvalue weighted by Gasteiger charge is -2.10. The quantitative estimate of drug-likeness (QED) is 0.667. The molecule has 0 radical (unpaired) electrons. The van der Waals surface area contributed by atoms with Crippen LogP contribution in [0.3, 0.4) is 0 Å². The van der Waals surface area contributed by atoms with Crippen LogP contribution in [-0.2, 0) is 0 Å². The summed E-state index contributed by atoms with van der Waals surface area (Å²) in [5, 5.41) is 3.38. The summed E-state index contributed by atoms with van der Waals surface area (Å²) in [4.78, 5) is 8.41. The van der Waals surface area contributed by atoms with E-state index in [1.54, 1.807) is 0 Å². The third kappa shape index (κ3) is 1.78. The zero-order valence-electron chi connectivity index (χ0n) is 7.75. The molecule has 3 N–H and O–H groups in total. The van der Waals surface area contributed by atoms with Crippen LogP contribution >= 0.6 is 0 Å². The van der Waals surface area contributed by atoms with E-state index in [4.69, 9.17) is 5.73 Å². The van der Waals surface area contributed by atoms with Gasteiger partial charge < -0.3 is 11.1 Å². The molecule has 4 heteroatoms. The van der Waals surface area contributed by atoms with Gasteiger partial charge in [-0.2, -0.15) is 0 Å². The molecule has 1 aliphatic rings. The highest BCUT2D eigenvalue weighted by atomic mass is 15.0. The summed E-state index contributed by atoms with van der Waals surface area (Å²) >= 11 is 0. The first-order chi connectivity index (χ1) is 6.25. The number of hydrogen-bond donors (Lipinski definition) is 2. The highest BCUT2D eigenvalue weighted by Gasteiger charge is 2.17. The second-order valence-electron chi connectivity index (χ2n) is 3.41. The number of nitrogen functional groups attached to an aromatic ring is 1. The highest BCUT2D eigenvalue weighted by Crippen LogP contribution is 2.21. The van der Waals surface area contributed by atoms with E-state index in [1.807, 2.05) is 13.0 Å². The monoisotopic (exact) mass is 178 g/mol. The van der Waals surface area contributed by atoms with E-state index < -0.39 is 0 Å². The molecule has 1 aliphatic heterocycles. The van der Waals surface area contributed by atoms with Crippen molar-refractivity contribution in [3.63, 3.8) is 0 Å². The lowest BCUT2D eigenvalue weighted by Crippen LogP contribution is -2.15. The molecule has 1 aromatic heterocycles. The van der Waals surface area contributed by atoms with Crippen LogP contribution in [0.4, 0.5) is 5.82 Å². The van der Waals surface area contributed by atoms with Crippen molar-refractivity contribution in [2.45, 2.75) is 25.8 Å². The Labute approximate surface area is 77.6 Å². The van der Waals surface area contributed by atoms with Gasteiger partial charge in [0.2, 0.25) is 0 Å². The van der Waals surface area contributed by atoms with Crippen LogP contribution in [0.25, 0.3) is 0 Å². The summed E-state index contributed by atoms with van der Waals surface area (Å²) in [6, 6.07) is 2.24. The summed E-state index contributed by atoms with van der Waals surface area (Å²) in [5.41, 5.74) is 6.68. The lowest BCUT2D eigenvalue weighted by molar-refractivity contribution is 0.623. The minimum atomic E-state index is 0.379. The van der Waals surface area contributed by atoms with Crippen molar-refractivity contribution >= 4 is 5.82 Å². The number of aryl methyl sites for hydroxylation is 1. The van der Waals surface area contributed by atoms with E-state index in [-0.39, 0.29) is 0 Å². The van der Waals surface area contributed by atoms with Crippen LogP contribution < -0.4 is 11.1 Å². The third-order valence-corrected chi connectivity index (χ3v) is 2.29. The molecule has 0 aliphatic carbocycles. The molecule has 0 unspecified atom stereocenters. The van der Waals surface area contributed by atoms with Crippen molar-refractivity contribution in [3.05, 3.63) is 17.6 Å². The van der Waals surface area contributed by atoms with Gasteiger partial charge in [-0.05, 0) is 26.3 Å². The van der Waals surface area contributed by atoms with Crippen molar-refractivity contribution < 1.29 is 0 Å². The van der Waals surface area contributed by atoms with Crippen LogP contribution in [-0.4, -0.2) is 16.5 Å². The molecule has 4 nitrogen and oxygen atoms in total. The Morgan fingerprint density at radius 3 is 3.00 bits per heavy atom. The van der Waals surface area contributed by atoms with Crippen molar-refractivity contribution in [1.82, 2.24) is 15.3 Å². The predicted molar refractivity (Wildman–Crippen MR) is 51.2 cm³/mol. The molecular weight excluding hydrogens is 164 g/mol. The van der Waals surface area contributed by atoms with Crippen molar-refractivity contribution in [2.75, 3.05) is 12.3 Å². The van der Waals surface area contributed by atoms with Crippen LogP contribution in [0.15, 0.2) is 6.07 Å². The Kier molecular flexibility index (Phi) is 2.14. The van der Waals surface area contributed by atoms with Crippen molar-refractivity contribution in [1.29, 1.82) is 0 Å². The van der Waals surface area contributed by atoms with Crippen LogP contribution in [0.2, 0.25) is 0 Å². The van der Waals surface area contributed by atoms with E-state index in [1.165, 1.54) is 6.42 Å². The second kappa shape index (κ2) is 3.30. The maximum atomic E-state index is 5.65. The first-order valence-corrected chi connectivity index (χ1v) is 4.60. The fourth-order valence-electron chi connectivity index (χ4n) is 1.73. The van der Waals surface area contributed by atoms with Crippen LogP contribution in [0, 0.1) is 6.92 Å². The Balaban J connectivity index is 2.28. The summed E-state index contributed by atoms with van der Waals surface area (Å²) in [6.07, 6.45) is 2.36. The molecule has 2 heterocycles. The smallest absolute Gasteiger partial charge is 0.127 e. The van der Waals surface area contributed by atoms with Crippen molar-refractivity contribution in [2.24, 2.45) is 0 Å². The number of aromatic nitrogens is 2. The molecule has 1 fully saturated rings. The van der Waals surface area contributed by atoms with Crippen LogP contribution in [0.5, 0.6) is 0 Å². The molecule has 70 valence electrons. The first kappa shape index (κ1) is 8.44. The van der Waals surface area contributed by atoms with Crippen molar-refractivity contribution in [3.8, 4) is 0 Å². The lowest BCUT2D eigenvalue weighted by atomic mass is 10.1. The van der Waals surface area contributed by atoms with E-state index >= 15 is 0 Å². The highest BCUT2D eigenvalue weighted by molar-refractivity contribution is 5.31. The molecule has 0 spiro atoms. The van der Waals surface area contributed by atoms with E-state index in [2.05, 4.69) is 15.3 Å². The van der Waals surface area contributed by atoms with Gasteiger partial charge in [0, 0.05) is 12.1 Å². The number of nitrogens with two attached hydrogens (primary N) is 1. The minimum Gasteiger partial charge on any atom is -0.384 e. The summed E-state index contributed by atoms with van der Waals surface area (Å²) in [6.45, 7) is 2.95. The van der Waals surface area contributed by atoms with Gasteiger partial charge in [-0.15, -0.1) is 0 Å². The Hall–Kier alpha value is -1.16. The molecule has 0 bridgehead atoms. The maximum Gasteiger partial charge on any atom is 0.127 e. The molecule has 1 atom stereocenters. The maximum absolute atomic E-state index is 5.65. The SMILES string of the molecule is Cc1nc(N)cc([C@@H]2CCCN2)n1. The normalized spacial score (nSPS) is 22.1. The molecule has 1 saturated heterocycles. The van der Waals surface area contributed by atoms with Gasteiger partial charge in [0.15, 0.2) is 0 Å². The van der Waals surface area contributed by atoms with Gasteiger partial charge in [0.25, 0.3) is 0 Å². The minimum absolute atomic E-state index is 0.379. The van der Waals surface area contributed by atoms with Gasteiger partial charge in [0.1, 0.15) is 11.6 Å². The van der Waals surface area contributed by atoms with E-state index in [9.17, 15) is 0 Å². The van der Waals surface area contributed by atoms with Gasteiger partial charge in [-0.1, -0.05) is 0 Å². The fourth-order valence-corrected chi connectivity index (χ4v) is 1.73. The number of nitrogens with zero attached hydrogens (tertiary/aromatic N) is 2. The molecule has 1 aromatic rings. The zero-order chi connectivity index (χ0) is 9.26. The average molecular weight is 178 g/mol. The topological polar surface area (TPSA) is 63.8 Å². The fraction of sp³-hybridized carbons (Fsp3) is 0.556. The first-order valence-electron chi connectivity index (χ1n) is 4.60. The Morgan fingerprint density at radius 1 is 1.54 bits per heavy atom. The largest absolute Gasteiger partial charge is 0.384 e. The second-order valence-corrected chi connectivity index (χ2v) is 3.41. The van der Waals surface area contributed by atoms with Crippen LogP contribution in [0.1, 0.15) is 30.4 Å². The van der Waals surface area contributed by atoms with Gasteiger partial charge in [-0.3, -0.25) is 0 Å². The molecule has 0 aromatic carbocycles. The molecule has 0 saturated carbocycles. The van der Waals surface area contributed by atoms with Gasteiger partial charge in [-0.25, -0.2) is 9.97 Å². The van der Waals surface area contributed by atoms with E-state index in [0.717, 1.165) is 24.5 Å².